The first-order chi connectivity index (χ1) is 12.0. The van der Waals surface area contributed by atoms with Crippen molar-refractivity contribution in [2.24, 2.45) is 17.3 Å². The standard InChI is InChI=1S/C19H22O7/c1-9-7-11(25-16(22)17(3)8-24-17)13-10(2)15(21)26-14(13)18(4)12(20)5-6-19(9,18)23/h5-6,9,11,13-14,23H,2,7-8H2,1,3-4H3/t9-,11-,13+,14+,17+,18-,19+/m0/s1. The molecule has 26 heavy (non-hydrogen) atoms. The summed E-state index contributed by atoms with van der Waals surface area (Å²) in [5, 5.41) is 11.3. The number of aliphatic hydroxyl groups is 1. The third-order valence-electron chi connectivity index (χ3n) is 6.63. The van der Waals surface area contributed by atoms with Gasteiger partial charge in [-0.1, -0.05) is 13.5 Å². The summed E-state index contributed by atoms with van der Waals surface area (Å²) in [6.07, 6.45) is 1.39. The van der Waals surface area contributed by atoms with E-state index in [-0.39, 0.29) is 24.4 Å². The van der Waals surface area contributed by atoms with Crippen molar-refractivity contribution in [3.05, 3.63) is 24.3 Å². The van der Waals surface area contributed by atoms with E-state index >= 15 is 0 Å². The molecule has 0 radical (unpaired) electrons. The van der Waals surface area contributed by atoms with Gasteiger partial charge in [-0.2, -0.15) is 0 Å². The minimum absolute atomic E-state index is 0.159. The number of carbonyl (C=O) groups excluding carboxylic acids is 3. The van der Waals surface area contributed by atoms with Crippen LogP contribution in [-0.2, 0) is 28.6 Å². The molecular weight excluding hydrogens is 340 g/mol. The zero-order valence-corrected chi connectivity index (χ0v) is 15.0. The Morgan fingerprint density at radius 1 is 1.38 bits per heavy atom. The van der Waals surface area contributed by atoms with Crippen LogP contribution in [0.15, 0.2) is 24.3 Å². The maximum absolute atomic E-state index is 12.7. The molecule has 0 aromatic rings. The third-order valence-corrected chi connectivity index (χ3v) is 6.63. The molecule has 2 aliphatic heterocycles. The van der Waals surface area contributed by atoms with Crippen LogP contribution in [0.5, 0.6) is 0 Å². The Labute approximate surface area is 151 Å². The molecule has 0 amide bonds. The van der Waals surface area contributed by atoms with E-state index in [9.17, 15) is 19.5 Å². The average Bonchev–Trinajstić information content (AvgIpc) is 3.22. The van der Waals surface area contributed by atoms with E-state index in [0.717, 1.165) is 0 Å². The van der Waals surface area contributed by atoms with Crippen molar-refractivity contribution in [3.63, 3.8) is 0 Å². The van der Waals surface area contributed by atoms with E-state index < -0.39 is 52.6 Å². The molecule has 2 saturated heterocycles. The van der Waals surface area contributed by atoms with Crippen LogP contribution in [0.1, 0.15) is 27.2 Å². The van der Waals surface area contributed by atoms with Gasteiger partial charge in [-0.05, 0) is 38.3 Å². The minimum Gasteiger partial charge on any atom is -0.459 e. The lowest BCUT2D eigenvalue weighted by molar-refractivity contribution is -0.167. The van der Waals surface area contributed by atoms with Gasteiger partial charge in [0.15, 0.2) is 11.4 Å². The zero-order chi connectivity index (χ0) is 19.1. The number of esters is 2. The molecule has 0 aromatic heterocycles. The van der Waals surface area contributed by atoms with E-state index in [1.54, 1.807) is 20.8 Å². The topological polar surface area (TPSA) is 102 Å². The van der Waals surface area contributed by atoms with Crippen molar-refractivity contribution in [2.75, 3.05) is 6.61 Å². The Bertz CT molecular complexity index is 764. The Balaban J connectivity index is 1.77. The predicted octanol–water partition coefficient (Wildman–Crippen LogP) is 0.701. The second-order valence-corrected chi connectivity index (χ2v) is 8.20. The van der Waals surface area contributed by atoms with Crippen LogP contribution in [0.25, 0.3) is 0 Å². The first-order valence-corrected chi connectivity index (χ1v) is 8.75. The lowest BCUT2D eigenvalue weighted by Crippen LogP contribution is -2.56. The van der Waals surface area contributed by atoms with Crippen molar-refractivity contribution in [3.8, 4) is 0 Å². The molecule has 4 rings (SSSR count). The van der Waals surface area contributed by atoms with E-state index in [0.29, 0.717) is 0 Å². The summed E-state index contributed by atoms with van der Waals surface area (Å²) in [4.78, 5) is 37.3. The fraction of sp³-hybridized carbons (Fsp3) is 0.632. The summed E-state index contributed by atoms with van der Waals surface area (Å²) in [5.74, 6) is -2.56. The summed E-state index contributed by atoms with van der Waals surface area (Å²) < 4.78 is 16.3. The largest absolute Gasteiger partial charge is 0.459 e. The number of carbonyl (C=O) groups is 3. The second kappa shape index (κ2) is 5.04. The molecule has 2 aliphatic carbocycles. The van der Waals surface area contributed by atoms with Crippen LogP contribution in [0.3, 0.4) is 0 Å². The van der Waals surface area contributed by atoms with Crippen molar-refractivity contribution >= 4 is 17.7 Å². The summed E-state index contributed by atoms with van der Waals surface area (Å²) in [6.45, 7) is 9.11. The molecule has 7 heteroatoms. The predicted molar refractivity (Wildman–Crippen MR) is 87.7 cm³/mol. The van der Waals surface area contributed by atoms with Gasteiger partial charge < -0.3 is 19.3 Å². The molecule has 1 saturated carbocycles. The molecule has 0 unspecified atom stereocenters. The van der Waals surface area contributed by atoms with Gasteiger partial charge in [-0.3, -0.25) is 4.79 Å². The third kappa shape index (κ3) is 1.98. The molecule has 4 aliphatic rings. The van der Waals surface area contributed by atoms with Crippen LogP contribution in [-0.4, -0.2) is 52.8 Å². The van der Waals surface area contributed by atoms with Crippen LogP contribution < -0.4 is 0 Å². The fourth-order valence-corrected chi connectivity index (χ4v) is 4.55. The van der Waals surface area contributed by atoms with E-state index in [4.69, 9.17) is 14.2 Å². The van der Waals surface area contributed by atoms with E-state index in [1.807, 2.05) is 0 Å². The van der Waals surface area contributed by atoms with Crippen molar-refractivity contribution < 1.29 is 33.7 Å². The molecule has 0 aromatic carbocycles. The number of hydrogen-bond acceptors (Lipinski definition) is 7. The van der Waals surface area contributed by atoms with Gasteiger partial charge in [0.05, 0.1) is 12.5 Å². The van der Waals surface area contributed by atoms with Gasteiger partial charge in [0, 0.05) is 5.57 Å². The van der Waals surface area contributed by atoms with Gasteiger partial charge in [0.1, 0.15) is 23.2 Å². The van der Waals surface area contributed by atoms with Crippen LogP contribution in [0.2, 0.25) is 0 Å². The minimum atomic E-state index is -1.50. The van der Waals surface area contributed by atoms with Crippen LogP contribution >= 0.6 is 0 Å². The Kier molecular flexibility index (Phi) is 3.38. The van der Waals surface area contributed by atoms with Crippen molar-refractivity contribution in [1.82, 2.24) is 0 Å². The first-order valence-electron chi connectivity index (χ1n) is 8.75. The Morgan fingerprint density at radius 2 is 2.04 bits per heavy atom. The van der Waals surface area contributed by atoms with Crippen LogP contribution in [0.4, 0.5) is 0 Å². The van der Waals surface area contributed by atoms with Crippen molar-refractivity contribution in [2.45, 2.75) is 50.6 Å². The lowest BCUT2D eigenvalue weighted by Gasteiger charge is -2.43. The van der Waals surface area contributed by atoms with E-state index in [1.165, 1.54) is 12.2 Å². The van der Waals surface area contributed by atoms with Gasteiger partial charge in [-0.15, -0.1) is 0 Å². The number of hydrogen-bond donors (Lipinski definition) is 1. The maximum atomic E-state index is 12.7. The molecular formula is C19H22O7. The monoisotopic (exact) mass is 362 g/mol. The number of allylic oxidation sites excluding steroid dienone is 1. The molecule has 1 N–H and O–H groups in total. The highest BCUT2D eigenvalue weighted by atomic mass is 16.6. The number of ether oxygens (including phenoxy) is 3. The molecule has 7 atom stereocenters. The van der Waals surface area contributed by atoms with Crippen molar-refractivity contribution in [1.29, 1.82) is 0 Å². The molecule has 0 bridgehead atoms. The average molecular weight is 362 g/mol. The number of rotatable bonds is 2. The quantitative estimate of drug-likeness (QED) is 0.438. The molecule has 7 nitrogen and oxygen atoms in total. The normalized spacial score (nSPS) is 49.3. The maximum Gasteiger partial charge on any atom is 0.340 e. The van der Waals surface area contributed by atoms with Gasteiger partial charge in [-0.25, -0.2) is 9.59 Å². The summed E-state index contributed by atoms with van der Waals surface area (Å²) >= 11 is 0. The number of fused-ring (bicyclic) bond motifs is 3. The summed E-state index contributed by atoms with van der Waals surface area (Å²) in [5.41, 5.74) is -3.67. The second-order valence-electron chi connectivity index (χ2n) is 8.20. The smallest absolute Gasteiger partial charge is 0.340 e. The number of ketones is 1. The number of epoxide rings is 1. The highest BCUT2D eigenvalue weighted by molar-refractivity contribution is 6.01. The van der Waals surface area contributed by atoms with Gasteiger partial charge >= 0.3 is 11.9 Å². The summed E-state index contributed by atoms with van der Waals surface area (Å²) in [7, 11) is 0. The fourth-order valence-electron chi connectivity index (χ4n) is 4.55. The summed E-state index contributed by atoms with van der Waals surface area (Å²) in [6, 6.07) is 0. The first kappa shape index (κ1) is 17.4. The Hall–Kier alpha value is -1.99. The highest BCUT2D eigenvalue weighted by Gasteiger charge is 2.69. The van der Waals surface area contributed by atoms with E-state index in [2.05, 4.69) is 6.58 Å². The highest BCUT2D eigenvalue weighted by Crippen LogP contribution is 2.57. The molecule has 2 heterocycles. The Morgan fingerprint density at radius 3 is 2.65 bits per heavy atom. The SMILES string of the molecule is C=C1C(=O)O[C@@H]2[C@H]1[C@@H](OC(=O)[C@@]1(C)CO1)C[C@H](C)[C@]1(O)C=CC(=O)[C@@]21C. The van der Waals surface area contributed by atoms with Crippen LogP contribution in [0, 0.1) is 17.3 Å². The molecule has 3 fully saturated rings. The molecule has 140 valence electrons. The van der Waals surface area contributed by atoms with Gasteiger partial charge in [0.2, 0.25) is 0 Å². The lowest BCUT2D eigenvalue weighted by atomic mass is 9.65. The van der Waals surface area contributed by atoms with Gasteiger partial charge in [0.25, 0.3) is 0 Å². The zero-order valence-electron chi connectivity index (χ0n) is 15.0. The molecule has 0 spiro atoms.